The minimum absolute atomic E-state index is 0.100. The van der Waals surface area contributed by atoms with E-state index in [4.69, 9.17) is 5.73 Å². The molecular formula is C15H21NO3. The van der Waals surface area contributed by atoms with Crippen molar-refractivity contribution in [3.8, 4) is 0 Å². The number of carbonyl (C=O) groups is 1. The van der Waals surface area contributed by atoms with E-state index in [0.717, 1.165) is 24.0 Å². The second-order valence-electron chi connectivity index (χ2n) is 6.72. The van der Waals surface area contributed by atoms with Gasteiger partial charge in [0.15, 0.2) is 5.78 Å². The third kappa shape index (κ3) is 1.27. The normalized spacial score (nSPS) is 43.6. The molecule has 0 aromatic rings. The van der Waals surface area contributed by atoms with Gasteiger partial charge in [-0.15, -0.1) is 0 Å². The molecule has 3 aliphatic carbocycles. The van der Waals surface area contributed by atoms with Crippen molar-refractivity contribution in [3.63, 3.8) is 0 Å². The Balaban J connectivity index is 2.25. The number of fused-ring (bicyclic) bond motifs is 1. The Kier molecular flexibility index (Phi) is 2.31. The molecule has 0 saturated heterocycles. The highest BCUT2D eigenvalue weighted by molar-refractivity contribution is 6.09. The van der Waals surface area contributed by atoms with Gasteiger partial charge in [-0.3, -0.25) is 4.79 Å². The predicted molar refractivity (Wildman–Crippen MR) is 71.2 cm³/mol. The number of hydrogen-bond acceptors (Lipinski definition) is 4. The molecule has 4 nitrogen and oxygen atoms in total. The molecule has 3 atom stereocenters. The highest BCUT2D eigenvalue weighted by Gasteiger charge is 2.66. The van der Waals surface area contributed by atoms with Gasteiger partial charge in [0, 0.05) is 22.4 Å². The molecule has 1 spiro atoms. The first kappa shape index (κ1) is 13.0. The maximum absolute atomic E-state index is 12.6. The third-order valence-electron chi connectivity index (χ3n) is 5.62. The molecule has 0 radical (unpaired) electrons. The van der Waals surface area contributed by atoms with E-state index in [1.807, 2.05) is 13.8 Å². The standard InChI is InChI=1S/C15H21NO3/c1-8-10-9(6-13(2,7-17)11(10)16)12(18)14(3,19)15(8)4-5-15/h6,11,17,19H,4-5,7,16H2,1-3H3/t11-,13+,14+/m1/s1. The SMILES string of the molecule is CC1=C2C(=C[C@@](C)(CO)[C@@H]2N)C(=O)[C@](C)(O)C12CC2. The first-order chi connectivity index (χ1) is 8.71. The molecular weight excluding hydrogens is 242 g/mol. The zero-order valence-corrected chi connectivity index (χ0v) is 11.7. The summed E-state index contributed by atoms with van der Waals surface area (Å²) in [6, 6.07) is -0.370. The summed E-state index contributed by atoms with van der Waals surface area (Å²) in [5.41, 5.74) is 6.29. The van der Waals surface area contributed by atoms with Gasteiger partial charge in [0.2, 0.25) is 0 Å². The predicted octanol–water partition coefficient (Wildman–Crippen LogP) is 0.683. The largest absolute Gasteiger partial charge is 0.395 e. The number of rotatable bonds is 1. The third-order valence-corrected chi connectivity index (χ3v) is 5.62. The van der Waals surface area contributed by atoms with Gasteiger partial charge in [0.1, 0.15) is 5.60 Å². The molecule has 104 valence electrons. The smallest absolute Gasteiger partial charge is 0.194 e. The second-order valence-corrected chi connectivity index (χ2v) is 6.72. The van der Waals surface area contributed by atoms with Crippen LogP contribution in [0.5, 0.6) is 0 Å². The van der Waals surface area contributed by atoms with Crippen LogP contribution in [0.25, 0.3) is 0 Å². The average molecular weight is 263 g/mol. The molecule has 1 saturated carbocycles. The minimum Gasteiger partial charge on any atom is -0.395 e. The fraction of sp³-hybridized carbons (Fsp3) is 0.667. The van der Waals surface area contributed by atoms with E-state index < -0.39 is 16.4 Å². The number of ketones is 1. The molecule has 4 N–H and O–H groups in total. The summed E-state index contributed by atoms with van der Waals surface area (Å²) in [5, 5.41) is 20.2. The van der Waals surface area contributed by atoms with Crippen LogP contribution < -0.4 is 5.73 Å². The number of nitrogens with two attached hydrogens (primary N) is 1. The van der Waals surface area contributed by atoms with Crippen molar-refractivity contribution in [1.82, 2.24) is 0 Å². The van der Waals surface area contributed by atoms with Crippen molar-refractivity contribution in [1.29, 1.82) is 0 Å². The monoisotopic (exact) mass is 263 g/mol. The molecule has 4 heteroatoms. The molecule has 0 aromatic heterocycles. The summed E-state index contributed by atoms with van der Waals surface area (Å²) in [6.07, 6.45) is 3.41. The van der Waals surface area contributed by atoms with Crippen molar-refractivity contribution < 1.29 is 15.0 Å². The highest BCUT2D eigenvalue weighted by Crippen LogP contribution is 2.65. The summed E-state index contributed by atoms with van der Waals surface area (Å²) in [7, 11) is 0. The van der Waals surface area contributed by atoms with Gasteiger partial charge in [0.05, 0.1) is 6.61 Å². The lowest BCUT2D eigenvalue weighted by Crippen LogP contribution is -2.50. The molecule has 0 aliphatic heterocycles. The number of hydrogen-bond donors (Lipinski definition) is 3. The van der Waals surface area contributed by atoms with E-state index in [1.54, 1.807) is 13.0 Å². The van der Waals surface area contributed by atoms with Gasteiger partial charge in [0.25, 0.3) is 0 Å². The van der Waals surface area contributed by atoms with E-state index in [1.165, 1.54) is 0 Å². The summed E-state index contributed by atoms with van der Waals surface area (Å²) in [4.78, 5) is 12.6. The van der Waals surface area contributed by atoms with Gasteiger partial charge in [-0.05, 0) is 32.3 Å². The molecule has 0 heterocycles. The molecule has 3 aliphatic rings. The summed E-state index contributed by atoms with van der Waals surface area (Å²) < 4.78 is 0. The maximum Gasteiger partial charge on any atom is 0.194 e. The van der Waals surface area contributed by atoms with Crippen LogP contribution in [0.15, 0.2) is 22.8 Å². The van der Waals surface area contributed by atoms with Crippen molar-refractivity contribution in [2.75, 3.05) is 6.61 Å². The fourth-order valence-electron chi connectivity index (χ4n) is 3.85. The maximum atomic E-state index is 12.6. The number of aliphatic hydroxyl groups is 2. The quantitative estimate of drug-likeness (QED) is 0.649. The van der Waals surface area contributed by atoms with Crippen LogP contribution in [0.4, 0.5) is 0 Å². The summed E-state index contributed by atoms with van der Waals surface area (Å²) in [5.74, 6) is -0.238. The van der Waals surface area contributed by atoms with Crippen molar-refractivity contribution in [2.24, 2.45) is 16.6 Å². The van der Waals surface area contributed by atoms with Crippen LogP contribution in [-0.2, 0) is 4.79 Å². The van der Waals surface area contributed by atoms with Crippen LogP contribution in [0, 0.1) is 10.8 Å². The van der Waals surface area contributed by atoms with Crippen LogP contribution >= 0.6 is 0 Å². The number of Topliss-reactive ketones (excluding diaryl/α,β-unsaturated/α-hetero) is 1. The van der Waals surface area contributed by atoms with Gasteiger partial charge < -0.3 is 15.9 Å². The van der Waals surface area contributed by atoms with Crippen molar-refractivity contribution in [2.45, 2.75) is 45.3 Å². The lowest BCUT2D eigenvalue weighted by atomic mass is 9.67. The van der Waals surface area contributed by atoms with E-state index in [-0.39, 0.29) is 18.4 Å². The summed E-state index contributed by atoms with van der Waals surface area (Å²) >= 11 is 0. The van der Waals surface area contributed by atoms with Gasteiger partial charge in [-0.2, -0.15) is 0 Å². The van der Waals surface area contributed by atoms with Gasteiger partial charge in [-0.1, -0.05) is 18.6 Å². The van der Waals surface area contributed by atoms with Gasteiger partial charge in [-0.25, -0.2) is 0 Å². The Labute approximate surface area is 113 Å². The summed E-state index contributed by atoms with van der Waals surface area (Å²) in [6.45, 7) is 5.34. The molecule has 0 unspecified atom stereocenters. The average Bonchev–Trinajstić information content (AvgIpc) is 3.12. The van der Waals surface area contributed by atoms with E-state index >= 15 is 0 Å². The highest BCUT2D eigenvalue weighted by atomic mass is 16.3. The minimum atomic E-state index is -1.34. The van der Waals surface area contributed by atoms with Crippen LogP contribution in [0.3, 0.4) is 0 Å². The van der Waals surface area contributed by atoms with Crippen LogP contribution in [0.2, 0.25) is 0 Å². The van der Waals surface area contributed by atoms with E-state index in [2.05, 4.69) is 0 Å². The Bertz CT molecular complexity index is 540. The topological polar surface area (TPSA) is 83.5 Å². The van der Waals surface area contributed by atoms with Gasteiger partial charge >= 0.3 is 0 Å². The second kappa shape index (κ2) is 3.37. The first-order valence-electron chi connectivity index (χ1n) is 6.79. The van der Waals surface area contributed by atoms with Crippen LogP contribution in [-0.4, -0.2) is 34.2 Å². The Morgan fingerprint density at radius 1 is 1.42 bits per heavy atom. The van der Waals surface area contributed by atoms with E-state index in [0.29, 0.717) is 5.57 Å². The molecule has 3 rings (SSSR count). The Morgan fingerprint density at radius 3 is 2.47 bits per heavy atom. The van der Waals surface area contributed by atoms with Crippen molar-refractivity contribution >= 4 is 5.78 Å². The Morgan fingerprint density at radius 2 is 2.00 bits per heavy atom. The fourth-order valence-corrected chi connectivity index (χ4v) is 3.85. The zero-order valence-electron chi connectivity index (χ0n) is 11.7. The lowest BCUT2D eigenvalue weighted by Gasteiger charge is -2.40. The number of aliphatic hydroxyl groups excluding tert-OH is 1. The van der Waals surface area contributed by atoms with Crippen molar-refractivity contribution in [3.05, 3.63) is 22.8 Å². The lowest BCUT2D eigenvalue weighted by molar-refractivity contribution is -0.137. The van der Waals surface area contributed by atoms with E-state index in [9.17, 15) is 15.0 Å². The Hall–Kier alpha value is -0.970. The molecule has 1 fully saturated rings. The zero-order chi connectivity index (χ0) is 14.2. The molecule has 0 bridgehead atoms. The number of carbonyl (C=O) groups excluding carboxylic acids is 1. The molecule has 0 aromatic carbocycles. The molecule has 19 heavy (non-hydrogen) atoms. The van der Waals surface area contributed by atoms with Crippen LogP contribution in [0.1, 0.15) is 33.6 Å². The first-order valence-corrected chi connectivity index (χ1v) is 6.79. The molecule has 0 amide bonds.